The van der Waals surface area contributed by atoms with E-state index in [1.807, 2.05) is 18.2 Å². The number of allylic oxidation sites excluding steroid dienone is 3. The van der Waals surface area contributed by atoms with Crippen molar-refractivity contribution >= 4 is 23.6 Å². The normalized spacial score (nSPS) is 22.3. The molecular formula is C21H22N4O3. The van der Waals surface area contributed by atoms with Gasteiger partial charge in [0.2, 0.25) is 11.8 Å². The third-order valence-corrected chi connectivity index (χ3v) is 5.26. The minimum atomic E-state index is -0.660. The summed E-state index contributed by atoms with van der Waals surface area (Å²) in [4.78, 5) is 46.4. The molecule has 2 heterocycles. The first kappa shape index (κ1) is 18.3. The number of amides is 4. The Morgan fingerprint density at radius 1 is 1.04 bits per heavy atom. The number of benzene rings is 1. The van der Waals surface area contributed by atoms with Gasteiger partial charge in [-0.15, -0.1) is 0 Å². The molecule has 7 nitrogen and oxygen atoms in total. The Balaban J connectivity index is 1.33. The van der Waals surface area contributed by atoms with Gasteiger partial charge in [0.05, 0.1) is 11.6 Å². The van der Waals surface area contributed by atoms with Crippen molar-refractivity contribution in [3.63, 3.8) is 0 Å². The highest BCUT2D eigenvalue weighted by atomic mass is 16.2. The molecule has 0 bridgehead atoms. The van der Waals surface area contributed by atoms with Crippen molar-refractivity contribution in [1.82, 2.24) is 14.7 Å². The Morgan fingerprint density at radius 3 is 2.54 bits per heavy atom. The fraction of sp³-hybridized carbons (Fsp3) is 0.333. The molecule has 1 aromatic rings. The number of aliphatic imine (C=N–C) groups is 1. The van der Waals surface area contributed by atoms with Gasteiger partial charge < -0.3 is 4.90 Å². The van der Waals surface area contributed by atoms with Crippen LogP contribution in [0.2, 0.25) is 0 Å². The first-order chi connectivity index (χ1) is 13.6. The fourth-order valence-corrected chi connectivity index (χ4v) is 3.66. The van der Waals surface area contributed by atoms with Gasteiger partial charge in [-0.1, -0.05) is 48.6 Å². The van der Waals surface area contributed by atoms with E-state index in [9.17, 15) is 14.4 Å². The second-order valence-corrected chi connectivity index (χ2v) is 7.11. The average molecular weight is 378 g/mol. The SMILES string of the molecule is O=C(CN1C(=O)N=C2C=CC=CC2C1=O)N1CCN(Cc2ccccc2)CC1. The van der Waals surface area contributed by atoms with E-state index in [0.717, 1.165) is 24.5 Å². The summed E-state index contributed by atoms with van der Waals surface area (Å²) in [6, 6.07) is 9.56. The largest absolute Gasteiger partial charge is 0.351 e. The molecule has 1 aliphatic carbocycles. The van der Waals surface area contributed by atoms with Gasteiger partial charge in [-0.05, 0) is 11.6 Å². The molecule has 1 aromatic carbocycles. The van der Waals surface area contributed by atoms with Crippen molar-refractivity contribution in [3.05, 3.63) is 60.2 Å². The molecule has 0 aromatic heterocycles. The maximum Gasteiger partial charge on any atom is 0.351 e. The van der Waals surface area contributed by atoms with Gasteiger partial charge in [0.15, 0.2) is 0 Å². The van der Waals surface area contributed by atoms with Crippen molar-refractivity contribution in [3.8, 4) is 0 Å². The lowest BCUT2D eigenvalue weighted by Crippen LogP contribution is -2.54. The molecule has 28 heavy (non-hydrogen) atoms. The lowest BCUT2D eigenvalue weighted by molar-refractivity contribution is -0.139. The molecule has 1 fully saturated rings. The van der Waals surface area contributed by atoms with Crippen LogP contribution in [0.15, 0.2) is 59.6 Å². The van der Waals surface area contributed by atoms with Crippen molar-refractivity contribution in [2.24, 2.45) is 10.9 Å². The molecule has 0 spiro atoms. The highest BCUT2D eigenvalue weighted by Gasteiger charge is 2.37. The van der Waals surface area contributed by atoms with E-state index >= 15 is 0 Å². The average Bonchev–Trinajstić information content (AvgIpc) is 2.72. The molecule has 7 heteroatoms. The Kier molecular flexibility index (Phi) is 5.16. The summed E-state index contributed by atoms with van der Waals surface area (Å²) >= 11 is 0. The molecule has 4 rings (SSSR count). The van der Waals surface area contributed by atoms with Crippen LogP contribution < -0.4 is 0 Å². The van der Waals surface area contributed by atoms with E-state index in [1.165, 1.54) is 5.56 Å². The van der Waals surface area contributed by atoms with E-state index in [0.29, 0.717) is 18.8 Å². The second kappa shape index (κ2) is 7.90. The summed E-state index contributed by atoms with van der Waals surface area (Å²) in [5.74, 6) is -1.17. The molecule has 4 amide bonds. The highest BCUT2D eigenvalue weighted by molar-refractivity contribution is 6.22. The third kappa shape index (κ3) is 3.80. The zero-order chi connectivity index (χ0) is 19.5. The predicted molar refractivity (Wildman–Crippen MR) is 105 cm³/mol. The van der Waals surface area contributed by atoms with Gasteiger partial charge in [0.25, 0.3) is 0 Å². The van der Waals surface area contributed by atoms with E-state index in [2.05, 4.69) is 22.0 Å². The first-order valence-electron chi connectivity index (χ1n) is 9.44. The van der Waals surface area contributed by atoms with Crippen LogP contribution in [0.25, 0.3) is 0 Å². The quantitative estimate of drug-likeness (QED) is 0.796. The van der Waals surface area contributed by atoms with Crippen LogP contribution in [0.3, 0.4) is 0 Å². The van der Waals surface area contributed by atoms with E-state index in [-0.39, 0.29) is 18.4 Å². The molecule has 3 aliphatic rings. The van der Waals surface area contributed by atoms with E-state index in [4.69, 9.17) is 0 Å². The maximum atomic E-state index is 12.7. The Labute approximate surface area is 163 Å². The number of nitrogens with zero attached hydrogens (tertiary/aromatic N) is 4. The topological polar surface area (TPSA) is 73.3 Å². The third-order valence-electron chi connectivity index (χ3n) is 5.26. The second-order valence-electron chi connectivity index (χ2n) is 7.11. The maximum absolute atomic E-state index is 12.7. The van der Waals surface area contributed by atoms with Gasteiger partial charge in [-0.3, -0.25) is 19.4 Å². The first-order valence-corrected chi connectivity index (χ1v) is 9.44. The number of carbonyl (C=O) groups excluding carboxylic acids is 3. The number of piperazine rings is 1. The van der Waals surface area contributed by atoms with Gasteiger partial charge in [0.1, 0.15) is 6.54 Å². The molecule has 2 aliphatic heterocycles. The Hall–Kier alpha value is -3.06. The number of hydrogen-bond donors (Lipinski definition) is 0. The van der Waals surface area contributed by atoms with E-state index < -0.39 is 11.9 Å². The summed E-state index contributed by atoms with van der Waals surface area (Å²) < 4.78 is 0. The summed E-state index contributed by atoms with van der Waals surface area (Å²) in [6.07, 6.45) is 6.86. The molecule has 1 unspecified atom stereocenters. The Morgan fingerprint density at radius 2 is 1.79 bits per heavy atom. The van der Waals surface area contributed by atoms with Crippen molar-refractivity contribution in [2.75, 3.05) is 32.7 Å². The minimum Gasteiger partial charge on any atom is -0.339 e. The van der Waals surface area contributed by atoms with Gasteiger partial charge in [-0.2, -0.15) is 4.99 Å². The number of urea groups is 1. The fourth-order valence-electron chi connectivity index (χ4n) is 3.66. The van der Waals surface area contributed by atoms with Crippen LogP contribution in [-0.4, -0.2) is 71.0 Å². The van der Waals surface area contributed by atoms with Gasteiger partial charge in [0, 0.05) is 32.7 Å². The molecule has 0 saturated carbocycles. The van der Waals surface area contributed by atoms with Crippen LogP contribution in [0.4, 0.5) is 4.79 Å². The van der Waals surface area contributed by atoms with Crippen molar-refractivity contribution < 1.29 is 14.4 Å². The molecule has 1 atom stereocenters. The minimum absolute atomic E-state index is 0.213. The monoisotopic (exact) mass is 378 g/mol. The van der Waals surface area contributed by atoms with Gasteiger partial charge >= 0.3 is 6.03 Å². The lowest BCUT2D eigenvalue weighted by Gasteiger charge is -2.36. The number of rotatable bonds is 4. The molecule has 0 N–H and O–H groups in total. The predicted octanol–water partition coefficient (Wildman–Crippen LogP) is 1.48. The van der Waals surface area contributed by atoms with E-state index in [1.54, 1.807) is 29.2 Å². The van der Waals surface area contributed by atoms with Crippen LogP contribution in [-0.2, 0) is 16.1 Å². The van der Waals surface area contributed by atoms with Gasteiger partial charge in [-0.25, -0.2) is 4.79 Å². The van der Waals surface area contributed by atoms with Crippen molar-refractivity contribution in [2.45, 2.75) is 6.54 Å². The zero-order valence-electron chi connectivity index (χ0n) is 15.5. The van der Waals surface area contributed by atoms with Crippen LogP contribution in [0.1, 0.15) is 5.56 Å². The summed E-state index contributed by atoms with van der Waals surface area (Å²) in [5, 5.41) is 0. The van der Waals surface area contributed by atoms with Crippen molar-refractivity contribution in [1.29, 1.82) is 0 Å². The van der Waals surface area contributed by atoms with Crippen LogP contribution in [0.5, 0.6) is 0 Å². The van der Waals surface area contributed by atoms with Crippen LogP contribution in [0, 0.1) is 5.92 Å². The zero-order valence-corrected chi connectivity index (χ0v) is 15.5. The summed E-state index contributed by atoms with van der Waals surface area (Å²) in [6.45, 7) is 3.30. The summed E-state index contributed by atoms with van der Waals surface area (Å²) in [7, 11) is 0. The highest BCUT2D eigenvalue weighted by Crippen LogP contribution is 2.20. The standard InChI is InChI=1S/C21H22N4O3/c26-19(15-25-20(27)17-8-4-5-9-18(17)22-21(25)28)24-12-10-23(11-13-24)14-16-6-2-1-3-7-16/h1-9,17H,10-15H2. The number of carbonyl (C=O) groups is 3. The molecule has 144 valence electrons. The molecule has 1 saturated heterocycles. The van der Waals surface area contributed by atoms with Crippen LogP contribution >= 0.6 is 0 Å². The number of imide groups is 1. The number of hydrogen-bond acceptors (Lipinski definition) is 4. The smallest absolute Gasteiger partial charge is 0.339 e. The molecular weight excluding hydrogens is 356 g/mol. The lowest BCUT2D eigenvalue weighted by atomic mass is 9.95. The summed E-state index contributed by atoms with van der Waals surface area (Å²) in [5.41, 5.74) is 1.69. The Bertz CT molecular complexity index is 867. The number of fused-ring (bicyclic) bond motifs is 1. The molecule has 0 radical (unpaired) electrons.